The summed E-state index contributed by atoms with van der Waals surface area (Å²) >= 11 is 0. The predicted octanol–water partition coefficient (Wildman–Crippen LogP) is 3.28. The van der Waals surface area contributed by atoms with Crippen LogP contribution in [0.2, 0.25) is 0 Å². The van der Waals surface area contributed by atoms with Gasteiger partial charge in [0.25, 0.3) is 0 Å². The fraction of sp³-hybridized carbons (Fsp3) is 0.263. The first-order chi connectivity index (χ1) is 12.3. The van der Waals surface area contributed by atoms with Crippen molar-refractivity contribution in [1.29, 1.82) is 0 Å². The number of benzene rings is 2. The SMILES string of the molecule is COc1c(F)cccc1-c1ccc2ncc(N3CCOCC3)nc2c1. The summed E-state index contributed by atoms with van der Waals surface area (Å²) in [5, 5.41) is 0. The lowest BCUT2D eigenvalue weighted by molar-refractivity contribution is 0.122. The van der Waals surface area contributed by atoms with Crippen LogP contribution in [0.3, 0.4) is 0 Å². The standard InChI is InChI=1S/C19H18FN3O2/c1-24-19-14(3-2-4-15(19)20)13-5-6-16-17(11-13)22-18(12-21-16)23-7-9-25-10-8-23/h2-6,11-12H,7-10H2,1H3. The van der Waals surface area contributed by atoms with Crippen LogP contribution in [0.25, 0.3) is 22.2 Å². The van der Waals surface area contributed by atoms with Gasteiger partial charge in [0.05, 0.1) is 37.6 Å². The number of fused-ring (bicyclic) bond motifs is 1. The van der Waals surface area contributed by atoms with Crippen LogP contribution >= 0.6 is 0 Å². The van der Waals surface area contributed by atoms with E-state index < -0.39 is 0 Å². The fourth-order valence-electron chi connectivity index (χ4n) is 3.06. The molecule has 5 nitrogen and oxygen atoms in total. The van der Waals surface area contributed by atoms with Crippen LogP contribution < -0.4 is 9.64 Å². The lowest BCUT2D eigenvalue weighted by Crippen LogP contribution is -2.36. The molecule has 2 heterocycles. The first kappa shape index (κ1) is 15.8. The van der Waals surface area contributed by atoms with Crippen LogP contribution in [0.4, 0.5) is 10.2 Å². The van der Waals surface area contributed by atoms with Crippen molar-refractivity contribution in [3.63, 3.8) is 0 Å². The fourth-order valence-corrected chi connectivity index (χ4v) is 3.06. The van der Waals surface area contributed by atoms with Crippen LogP contribution in [-0.4, -0.2) is 43.4 Å². The van der Waals surface area contributed by atoms with Gasteiger partial charge < -0.3 is 14.4 Å². The Labute approximate surface area is 145 Å². The Bertz CT molecular complexity index is 910. The van der Waals surface area contributed by atoms with Crippen LogP contribution in [-0.2, 0) is 4.74 Å². The molecule has 1 fully saturated rings. The molecule has 2 aromatic carbocycles. The molecular weight excluding hydrogens is 321 g/mol. The minimum Gasteiger partial charge on any atom is -0.493 e. The van der Waals surface area contributed by atoms with Gasteiger partial charge in [0.15, 0.2) is 11.6 Å². The van der Waals surface area contributed by atoms with Crippen LogP contribution in [0, 0.1) is 5.82 Å². The molecule has 25 heavy (non-hydrogen) atoms. The summed E-state index contributed by atoms with van der Waals surface area (Å²) in [4.78, 5) is 11.4. The molecule has 0 unspecified atom stereocenters. The Hall–Kier alpha value is -2.73. The van der Waals surface area contributed by atoms with E-state index in [4.69, 9.17) is 14.5 Å². The van der Waals surface area contributed by atoms with Gasteiger partial charge in [-0.3, -0.25) is 4.98 Å². The molecule has 3 aromatic rings. The van der Waals surface area contributed by atoms with E-state index in [1.165, 1.54) is 13.2 Å². The van der Waals surface area contributed by atoms with Gasteiger partial charge in [0, 0.05) is 18.7 Å². The molecule has 0 N–H and O–H groups in total. The average Bonchev–Trinajstić information content (AvgIpc) is 2.67. The van der Waals surface area contributed by atoms with Gasteiger partial charge in [-0.25, -0.2) is 9.37 Å². The summed E-state index contributed by atoms with van der Waals surface area (Å²) in [7, 11) is 1.47. The number of methoxy groups -OCH3 is 1. The van der Waals surface area contributed by atoms with Crippen molar-refractivity contribution in [1.82, 2.24) is 9.97 Å². The van der Waals surface area contributed by atoms with E-state index in [2.05, 4.69) is 9.88 Å². The third-order valence-electron chi connectivity index (χ3n) is 4.35. The van der Waals surface area contributed by atoms with Crippen molar-refractivity contribution >= 4 is 16.9 Å². The van der Waals surface area contributed by atoms with Crippen molar-refractivity contribution in [2.75, 3.05) is 38.3 Å². The third-order valence-corrected chi connectivity index (χ3v) is 4.35. The molecule has 0 amide bonds. The summed E-state index contributed by atoms with van der Waals surface area (Å²) in [6.45, 7) is 3.00. The zero-order valence-corrected chi connectivity index (χ0v) is 13.9. The number of hydrogen-bond donors (Lipinski definition) is 0. The Balaban J connectivity index is 1.77. The van der Waals surface area contributed by atoms with Crippen molar-refractivity contribution in [3.05, 3.63) is 48.4 Å². The van der Waals surface area contributed by atoms with E-state index in [0.717, 1.165) is 35.5 Å². The molecule has 1 aromatic heterocycles. The van der Waals surface area contributed by atoms with Crippen molar-refractivity contribution in [3.8, 4) is 16.9 Å². The maximum Gasteiger partial charge on any atom is 0.165 e. The summed E-state index contributed by atoms with van der Waals surface area (Å²) in [5.74, 6) is 0.687. The zero-order chi connectivity index (χ0) is 17.2. The highest BCUT2D eigenvalue weighted by molar-refractivity contribution is 5.84. The minimum absolute atomic E-state index is 0.235. The summed E-state index contributed by atoms with van der Waals surface area (Å²) in [5.41, 5.74) is 3.11. The normalized spacial score (nSPS) is 14.7. The van der Waals surface area contributed by atoms with Crippen LogP contribution in [0.15, 0.2) is 42.6 Å². The molecule has 1 aliphatic heterocycles. The molecule has 0 saturated carbocycles. The molecule has 1 aliphatic rings. The molecule has 0 atom stereocenters. The molecule has 6 heteroatoms. The highest BCUT2D eigenvalue weighted by atomic mass is 19.1. The topological polar surface area (TPSA) is 47.5 Å². The number of anilines is 1. The van der Waals surface area contributed by atoms with Gasteiger partial charge in [-0.15, -0.1) is 0 Å². The molecular formula is C19H18FN3O2. The Kier molecular flexibility index (Phi) is 4.19. The van der Waals surface area contributed by atoms with E-state index in [-0.39, 0.29) is 11.6 Å². The third kappa shape index (κ3) is 3.00. The number of morpholine rings is 1. The lowest BCUT2D eigenvalue weighted by atomic mass is 10.0. The minimum atomic E-state index is -0.381. The van der Waals surface area contributed by atoms with Crippen LogP contribution in [0.5, 0.6) is 5.75 Å². The Morgan fingerprint density at radius 1 is 1.12 bits per heavy atom. The van der Waals surface area contributed by atoms with Gasteiger partial charge >= 0.3 is 0 Å². The number of nitrogens with zero attached hydrogens (tertiary/aromatic N) is 3. The molecule has 0 bridgehead atoms. The molecule has 0 spiro atoms. The molecule has 4 rings (SSSR count). The number of aromatic nitrogens is 2. The van der Waals surface area contributed by atoms with E-state index in [1.54, 1.807) is 12.3 Å². The second kappa shape index (κ2) is 6.64. The highest BCUT2D eigenvalue weighted by Crippen LogP contribution is 2.33. The second-order valence-corrected chi connectivity index (χ2v) is 5.85. The molecule has 128 valence electrons. The number of rotatable bonds is 3. The van der Waals surface area contributed by atoms with E-state index in [1.807, 2.05) is 24.3 Å². The maximum atomic E-state index is 14.0. The first-order valence-corrected chi connectivity index (χ1v) is 8.18. The predicted molar refractivity (Wildman–Crippen MR) is 94.5 cm³/mol. The second-order valence-electron chi connectivity index (χ2n) is 5.85. The van der Waals surface area contributed by atoms with Gasteiger partial charge in [0.1, 0.15) is 5.82 Å². The average molecular weight is 339 g/mol. The number of hydrogen-bond acceptors (Lipinski definition) is 5. The van der Waals surface area contributed by atoms with Crippen molar-refractivity contribution in [2.24, 2.45) is 0 Å². The summed E-state index contributed by atoms with van der Waals surface area (Å²) in [6.07, 6.45) is 1.79. The zero-order valence-electron chi connectivity index (χ0n) is 13.9. The Morgan fingerprint density at radius 3 is 2.76 bits per heavy atom. The quantitative estimate of drug-likeness (QED) is 0.733. The first-order valence-electron chi connectivity index (χ1n) is 8.18. The Morgan fingerprint density at radius 2 is 1.96 bits per heavy atom. The largest absolute Gasteiger partial charge is 0.493 e. The number of para-hydroxylation sites is 1. The van der Waals surface area contributed by atoms with Gasteiger partial charge in [-0.05, 0) is 23.8 Å². The maximum absolute atomic E-state index is 14.0. The smallest absolute Gasteiger partial charge is 0.165 e. The number of halogens is 1. The van der Waals surface area contributed by atoms with E-state index >= 15 is 0 Å². The van der Waals surface area contributed by atoms with Gasteiger partial charge in [-0.2, -0.15) is 0 Å². The molecule has 1 saturated heterocycles. The van der Waals surface area contributed by atoms with Crippen molar-refractivity contribution < 1.29 is 13.9 Å². The molecule has 0 aliphatic carbocycles. The molecule has 0 radical (unpaired) electrons. The van der Waals surface area contributed by atoms with E-state index in [0.29, 0.717) is 18.8 Å². The lowest BCUT2D eigenvalue weighted by Gasteiger charge is -2.27. The summed E-state index contributed by atoms with van der Waals surface area (Å²) in [6, 6.07) is 10.6. The summed E-state index contributed by atoms with van der Waals surface area (Å²) < 4.78 is 24.6. The van der Waals surface area contributed by atoms with E-state index in [9.17, 15) is 4.39 Å². The van der Waals surface area contributed by atoms with Crippen molar-refractivity contribution in [2.45, 2.75) is 0 Å². The van der Waals surface area contributed by atoms with Gasteiger partial charge in [0.2, 0.25) is 0 Å². The monoisotopic (exact) mass is 339 g/mol. The van der Waals surface area contributed by atoms with Crippen LogP contribution in [0.1, 0.15) is 0 Å². The van der Waals surface area contributed by atoms with Gasteiger partial charge in [-0.1, -0.05) is 18.2 Å². The number of ether oxygens (including phenoxy) is 2. The highest BCUT2D eigenvalue weighted by Gasteiger charge is 2.15.